The predicted molar refractivity (Wildman–Crippen MR) is 53.5 cm³/mol. The van der Waals surface area contributed by atoms with Gasteiger partial charge in [-0.05, 0) is 34.1 Å². The Bertz CT molecular complexity index is 250. The molecule has 0 fully saturated rings. The Labute approximate surface area is 79.8 Å². The molecule has 0 radical (unpaired) electrons. The van der Waals surface area contributed by atoms with Crippen LogP contribution in [0, 0.1) is 5.92 Å². The van der Waals surface area contributed by atoms with E-state index in [0.717, 1.165) is 12.1 Å². The number of hydrogen-bond donors (Lipinski definition) is 0. The van der Waals surface area contributed by atoms with Crippen molar-refractivity contribution >= 4 is 11.6 Å². The van der Waals surface area contributed by atoms with E-state index in [9.17, 15) is 4.79 Å². The largest absolute Gasteiger partial charge is 0.272 e. The third-order valence-electron chi connectivity index (χ3n) is 2.31. The molecule has 1 amide bonds. The van der Waals surface area contributed by atoms with Crippen LogP contribution in [-0.2, 0) is 4.79 Å². The van der Waals surface area contributed by atoms with Crippen LogP contribution in [0.2, 0.25) is 0 Å². The molecule has 74 valence electrons. The summed E-state index contributed by atoms with van der Waals surface area (Å²) in [5, 5.41) is 5.90. The van der Waals surface area contributed by atoms with Crippen LogP contribution < -0.4 is 0 Å². The quantitative estimate of drug-likeness (QED) is 0.610. The normalized spacial score (nSPS) is 23.8. The lowest BCUT2D eigenvalue weighted by Gasteiger charge is -2.28. The van der Waals surface area contributed by atoms with E-state index in [4.69, 9.17) is 0 Å². The molecular formula is C10H18N2O. The number of rotatable bonds is 1. The van der Waals surface area contributed by atoms with Gasteiger partial charge in [0.2, 0.25) is 0 Å². The number of hydrogen-bond acceptors (Lipinski definition) is 2. The van der Waals surface area contributed by atoms with Gasteiger partial charge in [-0.25, -0.2) is 5.01 Å². The fourth-order valence-corrected chi connectivity index (χ4v) is 1.55. The number of nitrogens with zero attached hydrogens (tertiary/aromatic N) is 2. The first kappa shape index (κ1) is 10.2. The molecule has 1 heterocycles. The summed E-state index contributed by atoms with van der Waals surface area (Å²) in [4.78, 5) is 11.8. The lowest BCUT2D eigenvalue weighted by atomic mass is 10.00. The van der Waals surface area contributed by atoms with E-state index in [2.05, 4.69) is 5.10 Å². The Kier molecular flexibility index (Phi) is 2.46. The number of hydrazone groups is 1. The molecule has 3 nitrogen and oxygen atoms in total. The van der Waals surface area contributed by atoms with Crippen LogP contribution in [0.15, 0.2) is 5.10 Å². The summed E-state index contributed by atoms with van der Waals surface area (Å²) in [5.74, 6) is 0.159. The van der Waals surface area contributed by atoms with Crippen molar-refractivity contribution in [3.8, 4) is 0 Å². The highest BCUT2D eigenvalue weighted by atomic mass is 16.2. The van der Waals surface area contributed by atoms with Gasteiger partial charge in [0.25, 0.3) is 5.91 Å². The van der Waals surface area contributed by atoms with Crippen LogP contribution in [0.5, 0.6) is 0 Å². The Balaban J connectivity index is 2.90. The average Bonchev–Trinajstić information content (AvgIpc) is 2.25. The fraction of sp³-hybridized carbons (Fsp3) is 0.800. The van der Waals surface area contributed by atoms with E-state index in [1.165, 1.54) is 0 Å². The highest BCUT2D eigenvalue weighted by molar-refractivity contribution is 6.07. The molecule has 1 atom stereocenters. The molecule has 0 saturated heterocycles. The maximum Gasteiger partial charge on any atom is 0.251 e. The van der Waals surface area contributed by atoms with Crippen molar-refractivity contribution in [1.82, 2.24) is 5.01 Å². The molecule has 13 heavy (non-hydrogen) atoms. The van der Waals surface area contributed by atoms with Gasteiger partial charge in [-0.3, -0.25) is 4.79 Å². The summed E-state index contributed by atoms with van der Waals surface area (Å²) >= 11 is 0. The van der Waals surface area contributed by atoms with Crippen LogP contribution in [0.25, 0.3) is 0 Å². The van der Waals surface area contributed by atoms with Crippen molar-refractivity contribution in [3.63, 3.8) is 0 Å². The minimum atomic E-state index is -0.192. The van der Waals surface area contributed by atoms with Gasteiger partial charge in [-0.1, -0.05) is 6.92 Å². The van der Waals surface area contributed by atoms with E-state index in [1.54, 1.807) is 5.01 Å². The highest BCUT2D eigenvalue weighted by Crippen LogP contribution is 2.25. The number of carbonyl (C=O) groups excluding carboxylic acids is 1. The maximum absolute atomic E-state index is 11.8. The van der Waals surface area contributed by atoms with Gasteiger partial charge in [-0.15, -0.1) is 0 Å². The standard InChI is InChI=1S/C10H18N2O/c1-6-8-7(2)11-12(9(8)13)10(3,4)5/h8H,6H2,1-5H3. The zero-order valence-corrected chi connectivity index (χ0v) is 9.09. The Morgan fingerprint density at radius 1 is 1.46 bits per heavy atom. The monoisotopic (exact) mass is 182 g/mol. The van der Waals surface area contributed by atoms with Crippen molar-refractivity contribution in [2.24, 2.45) is 11.0 Å². The lowest BCUT2D eigenvalue weighted by molar-refractivity contribution is -0.136. The minimum Gasteiger partial charge on any atom is -0.272 e. The van der Waals surface area contributed by atoms with Gasteiger partial charge < -0.3 is 0 Å². The van der Waals surface area contributed by atoms with Gasteiger partial charge in [0.05, 0.1) is 11.5 Å². The van der Waals surface area contributed by atoms with Crippen molar-refractivity contribution in [3.05, 3.63) is 0 Å². The van der Waals surface area contributed by atoms with E-state index >= 15 is 0 Å². The second-order valence-corrected chi connectivity index (χ2v) is 4.52. The molecule has 1 unspecified atom stereocenters. The van der Waals surface area contributed by atoms with Crippen molar-refractivity contribution < 1.29 is 4.79 Å². The zero-order valence-electron chi connectivity index (χ0n) is 9.09. The molecule has 0 aromatic heterocycles. The Morgan fingerprint density at radius 2 is 2.00 bits per heavy atom. The fourth-order valence-electron chi connectivity index (χ4n) is 1.55. The smallest absolute Gasteiger partial charge is 0.251 e. The first-order chi connectivity index (χ1) is 5.88. The van der Waals surface area contributed by atoms with Crippen molar-refractivity contribution in [1.29, 1.82) is 0 Å². The molecule has 0 aliphatic carbocycles. The van der Waals surface area contributed by atoms with Gasteiger partial charge >= 0.3 is 0 Å². The van der Waals surface area contributed by atoms with Crippen molar-refractivity contribution in [2.45, 2.75) is 46.6 Å². The van der Waals surface area contributed by atoms with Crippen LogP contribution in [0.4, 0.5) is 0 Å². The van der Waals surface area contributed by atoms with Crippen LogP contribution in [-0.4, -0.2) is 22.2 Å². The summed E-state index contributed by atoms with van der Waals surface area (Å²) in [7, 11) is 0. The predicted octanol–water partition coefficient (Wildman–Crippen LogP) is 2.03. The zero-order chi connectivity index (χ0) is 10.2. The van der Waals surface area contributed by atoms with Crippen LogP contribution >= 0.6 is 0 Å². The second-order valence-electron chi connectivity index (χ2n) is 4.52. The molecule has 0 saturated carbocycles. The number of carbonyl (C=O) groups is 1. The lowest BCUT2D eigenvalue weighted by Crippen LogP contribution is -2.41. The van der Waals surface area contributed by atoms with Gasteiger partial charge in [-0.2, -0.15) is 5.10 Å². The molecule has 1 rings (SSSR count). The van der Waals surface area contributed by atoms with Gasteiger partial charge in [0.15, 0.2) is 0 Å². The topological polar surface area (TPSA) is 32.7 Å². The molecule has 3 heteroatoms. The summed E-state index contributed by atoms with van der Waals surface area (Å²) in [6.07, 6.45) is 0.848. The summed E-state index contributed by atoms with van der Waals surface area (Å²) in [6, 6.07) is 0. The average molecular weight is 182 g/mol. The summed E-state index contributed by atoms with van der Waals surface area (Å²) in [5.41, 5.74) is 0.754. The molecule has 0 bridgehead atoms. The first-order valence-corrected chi connectivity index (χ1v) is 4.77. The Hall–Kier alpha value is -0.860. The third-order valence-corrected chi connectivity index (χ3v) is 2.31. The van der Waals surface area contributed by atoms with E-state index < -0.39 is 0 Å². The maximum atomic E-state index is 11.8. The molecule has 1 aliphatic heterocycles. The second kappa shape index (κ2) is 3.13. The minimum absolute atomic E-state index is 0.0132. The third kappa shape index (κ3) is 1.74. The first-order valence-electron chi connectivity index (χ1n) is 4.77. The Morgan fingerprint density at radius 3 is 2.23 bits per heavy atom. The van der Waals surface area contributed by atoms with Crippen molar-refractivity contribution in [2.75, 3.05) is 0 Å². The SMILES string of the molecule is CCC1C(=O)N(C(C)(C)C)N=C1C. The molecular weight excluding hydrogens is 164 g/mol. The molecule has 1 aliphatic rings. The van der Waals surface area contributed by atoms with Crippen LogP contribution in [0.1, 0.15) is 41.0 Å². The van der Waals surface area contributed by atoms with Crippen LogP contribution in [0.3, 0.4) is 0 Å². The van der Waals surface area contributed by atoms with E-state index in [-0.39, 0.29) is 17.4 Å². The molecule has 0 spiro atoms. The van der Waals surface area contributed by atoms with Gasteiger partial charge in [0, 0.05) is 5.71 Å². The molecule has 0 aromatic carbocycles. The van der Waals surface area contributed by atoms with E-state index in [1.807, 2.05) is 34.6 Å². The van der Waals surface area contributed by atoms with Gasteiger partial charge in [0.1, 0.15) is 0 Å². The summed E-state index contributed by atoms with van der Waals surface area (Å²) in [6.45, 7) is 9.95. The number of amides is 1. The molecule has 0 N–H and O–H groups in total. The summed E-state index contributed by atoms with van der Waals surface area (Å²) < 4.78 is 0. The molecule has 0 aromatic rings. The van der Waals surface area contributed by atoms with E-state index in [0.29, 0.717) is 0 Å². The highest BCUT2D eigenvalue weighted by Gasteiger charge is 2.37.